The van der Waals surface area contributed by atoms with E-state index in [2.05, 4.69) is 15.1 Å². The Morgan fingerprint density at radius 3 is 2.62 bits per heavy atom. The molecule has 0 saturated heterocycles. The molecule has 5 heteroatoms. The summed E-state index contributed by atoms with van der Waals surface area (Å²) in [5, 5.41) is 4.35. The lowest BCUT2D eigenvalue weighted by Crippen LogP contribution is -2.08. The zero-order valence-corrected chi connectivity index (χ0v) is 9.73. The highest BCUT2D eigenvalue weighted by Crippen LogP contribution is 2.15. The molecule has 0 radical (unpaired) electrons. The molecule has 2 aromatic rings. The van der Waals surface area contributed by atoms with Gasteiger partial charge in [-0.15, -0.1) is 0 Å². The van der Waals surface area contributed by atoms with E-state index in [-0.39, 0.29) is 0 Å². The maximum atomic E-state index is 5.69. The SMILES string of the molecule is Cc1cc(-n2nc(C)nc2C)c(CN)cn1. The van der Waals surface area contributed by atoms with E-state index in [1.54, 1.807) is 6.20 Å². The second-order valence-corrected chi connectivity index (χ2v) is 3.78. The predicted molar refractivity (Wildman–Crippen MR) is 61.3 cm³/mol. The topological polar surface area (TPSA) is 69.6 Å². The first-order chi connectivity index (χ1) is 7.61. The molecular weight excluding hydrogens is 202 g/mol. The van der Waals surface area contributed by atoms with Crippen molar-refractivity contribution in [3.63, 3.8) is 0 Å². The number of pyridine rings is 1. The fourth-order valence-electron chi connectivity index (χ4n) is 1.68. The molecule has 0 bridgehead atoms. The van der Waals surface area contributed by atoms with Gasteiger partial charge in [0.05, 0.1) is 5.69 Å². The summed E-state index contributed by atoms with van der Waals surface area (Å²) in [7, 11) is 0. The minimum absolute atomic E-state index is 0.445. The van der Waals surface area contributed by atoms with Crippen LogP contribution >= 0.6 is 0 Å². The molecule has 0 fully saturated rings. The monoisotopic (exact) mass is 217 g/mol. The van der Waals surface area contributed by atoms with E-state index in [1.165, 1.54) is 0 Å². The molecule has 16 heavy (non-hydrogen) atoms. The molecule has 5 nitrogen and oxygen atoms in total. The van der Waals surface area contributed by atoms with Gasteiger partial charge < -0.3 is 5.73 Å². The lowest BCUT2D eigenvalue weighted by Gasteiger charge is -2.09. The fraction of sp³-hybridized carbons (Fsp3) is 0.364. The van der Waals surface area contributed by atoms with Crippen LogP contribution in [0.15, 0.2) is 12.3 Å². The van der Waals surface area contributed by atoms with Crippen LogP contribution in [0.3, 0.4) is 0 Å². The van der Waals surface area contributed by atoms with Crippen LogP contribution in [-0.4, -0.2) is 19.7 Å². The zero-order valence-electron chi connectivity index (χ0n) is 9.73. The summed E-state index contributed by atoms with van der Waals surface area (Å²) in [6, 6.07) is 1.98. The molecule has 0 saturated carbocycles. The first-order valence-electron chi connectivity index (χ1n) is 5.18. The Hall–Kier alpha value is -1.75. The molecule has 0 aliphatic rings. The van der Waals surface area contributed by atoms with E-state index in [4.69, 9.17) is 5.73 Å². The van der Waals surface area contributed by atoms with Crippen molar-refractivity contribution in [1.82, 2.24) is 19.7 Å². The maximum absolute atomic E-state index is 5.69. The Kier molecular flexibility index (Phi) is 2.70. The van der Waals surface area contributed by atoms with Crippen LogP contribution in [0.25, 0.3) is 5.69 Å². The fourth-order valence-corrected chi connectivity index (χ4v) is 1.68. The average molecular weight is 217 g/mol. The van der Waals surface area contributed by atoms with Crippen LogP contribution in [0.1, 0.15) is 22.9 Å². The van der Waals surface area contributed by atoms with E-state index < -0.39 is 0 Å². The third-order valence-corrected chi connectivity index (χ3v) is 2.42. The molecule has 0 aromatic carbocycles. The standard InChI is InChI=1S/C11H15N5/c1-7-4-11(10(5-12)6-13-7)16-9(3)14-8(2)15-16/h4,6H,5,12H2,1-3H3. The molecule has 2 N–H and O–H groups in total. The number of aryl methyl sites for hydroxylation is 3. The molecule has 0 unspecified atom stereocenters. The van der Waals surface area contributed by atoms with Gasteiger partial charge in [0, 0.05) is 24.0 Å². The highest BCUT2D eigenvalue weighted by molar-refractivity contribution is 5.40. The Labute approximate surface area is 94.3 Å². The van der Waals surface area contributed by atoms with Crippen LogP contribution in [0, 0.1) is 20.8 Å². The second-order valence-electron chi connectivity index (χ2n) is 3.78. The third kappa shape index (κ3) is 1.81. The van der Waals surface area contributed by atoms with Crippen LogP contribution in [0.4, 0.5) is 0 Å². The largest absolute Gasteiger partial charge is 0.326 e. The van der Waals surface area contributed by atoms with Crippen molar-refractivity contribution in [2.45, 2.75) is 27.3 Å². The smallest absolute Gasteiger partial charge is 0.148 e. The first kappa shape index (κ1) is 10.8. The minimum Gasteiger partial charge on any atom is -0.326 e. The Bertz CT molecular complexity index is 515. The molecule has 2 aromatic heterocycles. The van der Waals surface area contributed by atoms with Gasteiger partial charge in [-0.1, -0.05) is 0 Å². The summed E-state index contributed by atoms with van der Waals surface area (Å²) in [5.41, 5.74) is 8.57. The lowest BCUT2D eigenvalue weighted by molar-refractivity contribution is 0.809. The molecule has 0 aliphatic heterocycles. The summed E-state index contributed by atoms with van der Waals surface area (Å²) >= 11 is 0. The van der Waals surface area contributed by atoms with Gasteiger partial charge in [-0.25, -0.2) is 9.67 Å². The van der Waals surface area contributed by atoms with Crippen LogP contribution in [0.5, 0.6) is 0 Å². The lowest BCUT2D eigenvalue weighted by atomic mass is 10.2. The molecule has 84 valence electrons. The Morgan fingerprint density at radius 2 is 2.06 bits per heavy atom. The van der Waals surface area contributed by atoms with Gasteiger partial charge in [0.2, 0.25) is 0 Å². The van der Waals surface area contributed by atoms with Gasteiger partial charge in [0.1, 0.15) is 11.6 Å². The van der Waals surface area contributed by atoms with E-state index in [1.807, 2.05) is 31.5 Å². The van der Waals surface area contributed by atoms with Crippen molar-refractivity contribution in [2.24, 2.45) is 5.73 Å². The number of nitrogens with two attached hydrogens (primary N) is 1. The highest BCUT2D eigenvalue weighted by atomic mass is 15.3. The van der Waals surface area contributed by atoms with Gasteiger partial charge in [-0.3, -0.25) is 4.98 Å². The maximum Gasteiger partial charge on any atom is 0.148 e. The molecular formula is C11H15N5. The molecule has 0 amide bonds. The number of aromatic nitrogens is 4. The van der Waals surface area contributed by atoms with Crippen molar-refractivity contribution in [1.29, 1.82) is 0 Å². The molecule has 0 spiro atoms. The number of hydrogen-bond acceptors (Lipinski definition) is 4. The Morgan fingerprint density at radius 1 is 1.31 bits per heavy atom. The summed E-state index contributed by atoms with van der Waals surface area (Å²) in [6.45, 7) is 6.19. The Balaban J connectivity index is 2.62. The number of nitrogens with zero attached hydrogens (tertiary/aromatic N) is 4. The number of rotatable bonds is 2. The van der Waals surface area contributed by atoms with Gasteiger partial charge in [0.25, 0.3) is 0 Å². The zero-order chi connectivity index (χ0) is 11.7. The van der Waals surface area contributed by atoms with Crippen molar-refractivity contribution in [2.75, 3.05) is 0 Å². The van der Waals surface area contributed by atoms with Crippen molar-refractivity contribution in [3.8, 4) is 5.69 Å². The summed E-state index contributed by atoms with van der Waals surface area (Å²) in [5.74, 6) is 1.62. The van der Waals surface area contributed by atoms with Gasteiger partial charge >= 0.3 is 0 Å². The van der Waals surface area contributed by atoms with Crippen LogP contribution in [0.2, 0.25) is 0 Å². The van der Waals surface area contributed by atoms with Crippen molar-refractivity contribution >= 4 is 0 Å². The molecule has 0 atom stereocenters. The third-order valence-electron chi connectivity index (χ3n) is 2.42. The highest BCUT2D eigenvalue weighted by Gasteiger charge is 2.09. The van der Waals surface area contributed by atoms with Gasteiger partial charge in [0.15, 0.2) is 0 Å². The summed E-state index contributed by atoms with van der Waals surface area (Å²) in [6.07, 6.45) is 1.79. The first-order valence-corrected chi connectivity index (χ1v) is 5.18. The molecule has 2 rings (SSSR count). The van der Waals surface area contributed by atoms with Crippen LogP contribution < -0.4 is 5.73 Å². The van der Waals surface area contributed by atoms with Gasteiger partial charge in [-0.05, 0) is 26.8 Å². The van der Waals surface area contributed by atoms with E-state index in [9.17, 15) is 0 Å². The quantitative estimate of drug-likeness (QED) is 0.816. The normalized spacial score (nSPS) is 10.8. The summed E-state index contributed by atoms with van der Waals surface area (Å²) < 4.78 is 1.81. The predicted octanol–water partition coefficient (Wildman–Crippen LogP) is 1.05. The van der Waals surface area contributed by atoms with E-state index >= 15 is 0 Å². The average Bonchev–Trinajstić information content (AvgIpc) is 2.57. The van der Waals surface area contributed by atoms with Crippen molar-refractivity contribution in [3.05, 3.63) is 35.2 Å². The minimum atomic E-state index is 0.445. The summed E-state index contributed by atoms with van der Waals surface area (Å²) in [4.78, 5) is 8.51. The number of hydrogen-bond donors (Lipinski definition) is 1. The van der Waals surface area contributed by atoms with E-state index in [0.717, 1.165) is 28.6 Å². The van der Waals surface area contributed by atoms with Gasteiger partial charge in [-0.2, -0.15) is 5.10 Å². The molecule has 0 aliphatic carbocycles. The van der Waals surface area contributed by atoms with E-state index in [0.29, 0.717) is 6.54 Å². The molecule has 2 heterocycles. The van der Waals surface area contributed by atoms with Crippen molar-refractivity contribution < 1.29 is 0 Å². The second kappa shape index (κ2) is 4.02. The van der Waals surface area contributed by atoms with Crippen LogP contribution in [-0.2, 0) is 6.54 Å².